The first-order chi connectivity index (χ1) is 9.70. The minimum Gasteiger partial charge on any atom is -0.382 e. The van der Waals surface area contributed by atoms with E-state index in [1.165, 1.54) is 5.56 Å². The van der Waals surface area contributed by atoms with Gasteiger partial charge in [0.25, 0.3) is 0 Å². The van der Waals surface area contributed by atoms with E-state index in [1.807, 2.05) is 31.2 Å². The number of benzene rings is 1. The van der Waals surface area contributed by atoms with Crippen LogP contribution in [0.4, 0.5) is 11.6 Å². The summed E-state index contributed by atoms with van der Waals surface area (Å²) in [6.07, 6.45) is 2.28. The van der Waals surface area contributed by atoms with Gasteiger partial charge in [-0.25, -0.2) is 4.68 Å². The van der Waals surface area contributed by atoms with E-state index in [-0.39, 0.29) is 0 Å². The van der Waals surface area contributed by atoms with E-state index in [9.17, 15) is 5.26 Å². The van der Waals surface area contributed by atoms with Crippen LogP contribution in [0.2, 0.25) is 0 Å². The van der Waals surface area contributed by atoms with Gasteiger partial charge in [-0.2, -0.15) is 5.26 Å². The fraction of sp³-hybridized carbons (Fsp3) is 0.333. The third-order valence-electron chi connectivity index (χ3n) is 3.70. The van der Waals surface area contributed by atoms with E-state index in [2.05, 4.69) is 16.1 Å². The zero-order chi connectivity index (χ0) is 14.1. The smallest absolute Gasteiger partial charge is 0.171 e. The summed E-state index contributed by atoms with van der Waals surface area (Å²) in [6.45, 7) is 3.92. The van der Waals surface area contributed by atoms with Gasteiger partial charge in [0, 0.05) is 13.1 Å². The number of nitrogen functional groups attached to an aromatic ring is 1. The number of nitriles is 1. The summed E-state index contributed by atoms with van der Waals surface area (Å²) in [5.74, 6) is 1.13. The van der Waals surface area contributed by atoms with E-state index >= 15 is 0 Å². The van der Waals surface area contributed by atoms with E-state index < -0.39 is 0 Å². The predicted molar refractivity (Wildman–Crippen MR) is 78.9 cm³/mol. The molecule has 0 saturated carbocycles. The van der Waals surface area contributed by atoms with Crippen molar-refractivity contribution >= 4 is 11.6 Å². The molecule has 3 rings (SSSR count). The van der Waals surface area contributed by atoms with Crippen LogP contribution in [0.3, 0.4) is 0 Å². The minimum absolute atomic E-state index is 0.415. The van der Waals surface area contributed by atoms with Gasteiger partial charge in [0.05, 0.1) is 5.69 Å². The van der Waals surface area contributed by atoms with Crippen LogP contribution in [0.25, 0.3) is 5.69 Å². The molecular formula is C15H17N5. The average molecular weight is 267 g/mol. The molecule has 0 amide bonds. The first-order valence-electron chi connectivity index (χ1n) is 6.81. The van der Waals surface area contributed by atoms with Gasteiger partial charge in [-0.15, -0.1) is 5.10 Å². The molecule has 1 aromatic heterocycles. The number of hydrogen-bond donors (Lipinski definition) is 1. The number of nitrogens with zero attached hydrogens (tertiary/aromatic N) is 4. The number of hydrogen-bond acceptors (Lipinski definition) is 4. The van der Waals surface area contributed by atoms with E-state index in [4.69, 9.17) is 5.73 Å². The van der Waals surface area contributed by atoms with Gasteiger partial charge in [-0.1, -0.05) is 17.7 Å². The maximum atomic E-state index is 9.35. The predicted octanol–water partition coefficient (Wildman–Crippen LogP) is 2.23. The van der Waals surface area contributed by atoms with Crippen molar-refractivity contribution < 1.29 is 0 Å². The van der Waals surface area contributed by atoms with Crippen molar-refractivity contribution in [3.05, 3.63) is 35.4 Å². The highest BCUT2D eigenvalue weighted by molar-refractivity contribution is 5.67. The van der Waals surface area contributed by atoms with E-state index in [0.717, 1.165) is 31.6 Å². The Morgan fingerprint density at radius 1 is 1.20 bits per heavy atom. The number of nitrogens with two attached hydrogens (primary N) is 1. The molecule has 1 aliphatic rings. The van der Waals surface area contributed by atoms with Gasteiger partial charge in [-0.05, 0) is 31.9 Å². The largest absolute Gasteiger partial charge is 0.382 e. The van der Waals surface area contributed by atoms with Gasteiger partial charge >= 0.3 is 0 Å². The molecular weight excluding hydrogens is 250 g/mol. The number of aromatic nitrogens is 2. The fourth-order valence-corrected chi connectivity index (χ4v) is 2.56. The molecule has 2 heterocycles. The second-order valence-electron chi connectivity index (χ2n) is 5.14. The molecule has 5 nitrogen and oxygen atoms in total. The Hall–Kier alpha value is -2.48. The lowest BCUT2D eigenvalue weighted by atomic mass is 10.2. The second kappa shape index (κ2) is 4.89. The number of rotatable bonds is 2. The van der Waals surface area contributed by atoms with Crippen LogP contribution in [0.15, 0.2) is 24.3 Å². The summed E-state index contributed by atoms with van der Waals surface area (Å²) < 4.78 is 1.66. The summed E-state index contributed by atoms with van der Waals surface area (Å²) in [6, 6.07) is 10.1. The number of anilines is 2. The molecule has 2 N–H and O–H groups in total. The molecule has 0 atom stereocenters. The van der Waals surface area contributed by atoms with Crippen molar-refractivity contribution in [2.45, 2.75) is 19.8 Å². The monoisotopic (exact) mass is 267 g/mol. The topological polar surface area (TPSA) is 70.9 Å². The van der Waals surface area contributed by atoms with Crippen molar-refractivity contribution in [2.75, 3.05) is 23.7 Å². The highest BCUT2D eigenvalue weighted by Crippen LogP contribution is 2.29. The molecule has 102 valence electrons. The zero-order valence-electron chi connectivity index (χ0n) is 11.5. The summed E-state index contributed by atoms with van der Waals surface area (Å²) in [7, 11) is 0. The molecule has 0 aliphatic carbocycles. The zero-order valence-corrected chi connectivity index (χ0v) is 11.5. The lowest BCUT2D eigenvalue weighted by molar-refractivity contribution is 0.849. The quantitative estimate of drug-likeness (QED) is 0.905. The summed E-state index contributed by atoms with van der Waals surface area (Å²) in [5.41, 5.74) is 8.65. The summed E-state index contributed by atoms with van der Waals surface area (Å²) >= 11 is 0. The molecule has 5 heteroatoms. The molecule has 20 heavy (non-hydrogen) atoms. The van der Waals surface area contributed by atoms with Gasteiger partial charge in [0.2, 0.25) is 0 Å². The number of aryl methyl sites for hydroxylation is 1. The fourth-order valence-electron chi connectivity index (χ4n) is 2.56. The summed E-state index contributed by atoms with van der Waals surface area (Å²) in [5, 5.41) is 13.9. The van der Waals surface area contributed by atoms with Crippen LogP contribution < -0.4 is 10.6 Å². The van der Waals surface area contributed by atoms with Gasteiger partial charge in [0.15, 0.2) is 5.82 Å². The average Bonchev–Trinajstić information content (AvgIpc) is 3.07. The van der Waals surface area contributed by atoms with Crippen molar-refractivity contribution in [2.24, 2.45) is 0 Å². The third kappa shape index (κ3) is 1.99. The third-order valence-corrected chi connectivity index (χ3v) is 3.70. The molecule has 1 aromatic carbocycles. The van der Waals surface area contributed by atoms with Crippen LogP contribution in [0.1, 0.15) is 24.0 Å². The lowest BCUT2D eigenvalue weighted by Crippen LogP contribution is -2.19. The molecule has 1 aliphatic heterocycles. The van der Waals surface area contributed by atoms with E-state index in [1.54, 1.807) is 4.68 Å². The van der Waals surface area contributed by atoms with Gasteiger partial charge in [0.1, 0.15) is 17.5 Å². The molecule has 0 unspecified atom stereocenters. The van der Waals surface area contributed by atoms with Crippen molar-refractivity contribution in [3.8, 4) is 11.8 Å². The van der Waals surface area contributed by atoms with Crippen LogP contribution in [-0.2, 0) is 0 Å². The van der Waals surface area contributed by atoms with Gasteiger partial charge < -0.3 is 10.6 Å². The Kier molecular flexibility index (Phi) is 3.07. The minimum atomic E-state index is 0.415. The highest BCUT2D eigenvalue weighted by Gasteiger charge is 2.23. The molecule has 1 saturated heterocycles. The second-order valence-corrected chi connectivity index (χ2v) is 5.14. The Labute approximate surface area is 118 Å². The molecule has 0 bridgehead atoms. The van der Waals surface area contributed by atoms with Crippen LogP contribution >= 0.6 is 0 Å². The SMILES string of the molecule is Cc1ccc(-n2nc(N3CCCC3)c(C#N)c2N)cc1. The van der Waals surface area contributed by atoms with Crippen LogP contribution in [0.5, 0.6) is 0 Å². The molecule has 2 aromatic rings. The Morgan fingerprint density at radius 2 is 1.85 bits per heavy atom. The van der Waals surface area contributed by atoms with Crippen molar-refractivity contribution in [1.82, 2.24) is 9.78 Å². The Bertz CT molecular complexity index is 657. The maximum Gasteiger partial charge on any atom is 0.171 e. The van der Waals surface area contributed by atoms with Gasteiger partial charge in [-0.3, -0.25) is 0 Å². The lowest BCUT2D eigenvalue weighted by Gasteiger charge is -2.13. The highest BCUT2D eigenvalue weighted by atomic mass is 15.4. The first kappa shape index (κ1) is 12.5. The molecule has 0 radical (unpaired) electrons. The van der Waals surface area contributed by atoms with Crippen LogP contribution in [-0.4, -0.2) is 22.9 Å². The standard InChI is InChI=1S/C15H17N5/c1-11-4-6-12(7-5-11)20-14(17)13(10-16)15(18-20)19-8-2-3-9-19/h4-7H,2-3,8-9,17H2,1H3. The maximum absolute atomic E-state index is 9.35. The normalized spacial score (nSPS) is 14.5. The van der Waals surface area contributed by atoms with Crippen molar-refractivity contribution in [1.29, 1.82) is 5.26 Å². The van der Waals surface area contributed by atoms with E-state index in [0.29, 0.717) is 17.2 Å². The van der Waals surface area contributed by atoms with Crippen molar-refractivity contribution in [3.63, 3.8) is 0 Å². The molecule has 1 fully saturated rings. The molecule has 0 spiro atoms. The Morgan fingerprint density at radius 3 is 2.45 bits per heavy atom. The van der Waals surface area contributed by atoms with Crippen LogP contribution in [0, 0.1) is 18.3 Å². The Balaban J connectivity index is 2.08. The first-order valence-corrected chi connectivity index (χ1v) is 6.81. The summed E-state index contributed by atoms with van der Waals surface area (Å²) in [4.78, 5) is 2.14.